The molecule has 0 aliphatic carbocycles. The summed E-state index contributed by atoms with van der Waals surface area (Å²) >= 11 is 0. The molecule has 3 aromatic heterocycles. The number of nitrogens with two attached hydrogens (primary N) is 1. The molecule has 11 heteroatoms. The van der Waals surface area contributed by atoms with Crippen LogP contribution in [-0.4, -0.2) is 15.9 Å². The third-order valence-electron chi connectivity index (χ3n) is 6.02. The van der Waals surface area contributed by atoms with E-state index in [4.69, 9.17) is 19.3 Å². The number of rotatable bonds is 7. The second-order valence-corrected chi connectivity index (χ2v) is 8.63. The van der Waals surface area contributed by atoms with E-state index >= 15 is 0 Å². The number of aromatic nitrogens is 2. The number of hydrogen-bond donors (Lipinski definition) is 2. The van der Waals surface area contributed by atoms with Gasteiger partial charge in [0.1, 0.15) is 22.6 Å². The van der Waals surface area contributed by atoms with Gasteiger partial charge in [-0.2, -0.15) is 13.2 Å². The maximum absolute atomic E-state index is 13.4. The molecular weight excluding hydrogens is 513 g/mol. The summed E-state index contributed by atoms with van der Waals surface area (Å²) in [6.07, 6.45) is -2.98. The summed E-state index contributed by atoms with van der Waals surface area (Å²) in [6.45, 7) is 3.38. The highest BCUT2D eigenvalue weighted by Crippen LogP contribution is 2.37. The Morgan fingerprint density at radius 3 is 2.62 bits per heavy atom. The number of nitrogens with zero attached hydrogens (tertiary/aromatic N) is 2. The summed E-state index contributed by atoms with van der Waals surface area (Å²) < 4.78 is 57.5. The van der Waals surface area contributed by atoms with Crippen molar-refractivity contribution < 1.29 is 31.5 Å². The number of allylic oxidation sites excluding steroid dienone is 2. The van der Waals surface area contributed by atoms with Crippen LogP contribution in [0.5, 0.6) is 5.75 Å². The Labute approximate surface area is 220 Å². The molecule has 0 bridgehead atoms. The molecule has 0 radical (unpaired) electrons. The normalized spacial score (nSPS) is 12.3. The van der Waals surface area contributed by atoms with Crippen LogP contribution in [0, 0.1) is 0 Å². The number of carbonyl (C=O) groups excluding carboxylic acids is 1. The molecule has 5 aromatic rings. The summed E-state index contributed by atoms with van der Waals surface area (Å²) in [4.78, 5) is 21.2. The van der Waals surface area contributed by atoms with Crippen molar-refractivity contribution >= 4 is 27.8 Å². The van der Waals surface area contributed by atoms with E-state index in [1.54, 1.807) is 26.0 Å². The Morgan fingerprint density at radius 2 is 1.90 bits per heavy atom. The van der Waals surface area contributed by atoms with Crippen LogP contribution < -0.4 is 15.8 Å². The Balaban J connectivity index is 1.50. The number of alkyl halides is 3. The van der Waals surface area contributed by atoms with Gasteiger partial charge in [0.2, 0.25) is 5.89 Å². The molecule has 5 rings (SSSR count). The van der Waals surface area contributed by atoms with Gasteiger partial charge in [-0.3, -0.25) is 4.79 Å². The molecule has 3 heterocycles. The maximum Gasteiger partial charge on any atom is 0.433 e. The maximum atomic E-state index is 13.4. The van der Waals surface area contributed by atoms with Crippen molar-refractivity contribution in [2.24, 2.45) is 5.73 Å². The molecule has 1 amide bonds. The van der Waals surface area contributed by atoms with Crippen LogP contribution >= 0.6 is 0 Å². The summed E-state index contributed by atoms with van der Waals surface area (Å²) in [5.41, 5.74) is 5.68. The molecular formula is C28H23F3N4O4. The molecule has 0 unspecified atom stereocenters. The smallest absolute Gasteiger partial charge is 0.433 e. The zero-order valence-corrected chi connectivity index (χ0v) is 20.9. The number of para-hydroxylation sites is 1. The fourth-order valence-corrected chi connectivity index (χ4v) is 4.01. The molecule has 3 N–H and O–H groups in total. The third kappa shape index (κ3) is 5.21. The average molecular weight is 537 g/mol. The molecule has 0 saturated carbocycles. The number of nitrogens with one attached hydrogen (secondary N) is 1. The molecule has 200 valence electrons. The first kappa shape index (κ1) is 26.0. The van der Waals surface area contributed by atoms with E-state index in [0.29, 0.717) is 28.1 Å². The lowest BCUT2D eigenvalue weighted by atomic mass is 10.1. The monoisotopic (exact) mass is 536 g/mol. The second-order valence-electron chi connectivity index (χ2n) is 8.63. The molecule has 2 aromatic carbocycles. The Hall–Kier alpha value is -4.64. The minimum absolute atomic E-state index is 0.00482. The van der Waals surface area contributed by atoms with Gasteiger partial charge in [-0.25, -0.2) is 9.97 Å². The lowest BCUT2D eigenvalue weighted by molar-refractivity contribution is -0.140. The van der Waals surface area contributed by atoms with Crippen LogP contribution in [0.2, 0.25) is 0 Å². The highest BCUT2D eigenvalue weighted by Gasteiger charge is 2.33. The molecule has 0 aliphatic rings. The number of carbonyl (C=O) groups is 1. The van der Waals surface area contributed by atoms with Gasteiger partial charge in [0.05, 0.1) is 18.8 Å². The number of fused-ring (bicyclic) bond motifs is 2. The fourth-order valence-electron chi connectivity index (χ4n) is 4.01. The third-order valence-corrected chi connectivity index (χ3v) is 6.02. The number of halogens is 3. The van der Waals surface area contributed by atoms with E-state index in [-0.39, 0.29) is 41.7 Å². The number of oxazole rings is 1. The Kier molecular flexibility index (Phi) is 6.83. The first-order valence-corrected chi connectivity index (χ1v) is 12.0. The Morgan fingerprint density at radius 1 is 1.10 bits per heavy atom. The molecule has 39 heavy (non-hydrogen) atoms. The number of hydrogen-bond acceptors (Lipinski definition) is 7. The number of amides is 1. The van der Waals surface area contributed by atoms with Gasteiger partial charge in [-0.1, -0.05) is 18.2 Å². The molecule has 0 fully saturated rings. The number of furan rings is 1. The van der Waals surface area contributed by atoms with Crippen molar-refractivity contribution in [2.45, 2.75) is 33.1 Å². The van der Waals surface area contributed by atoms with Gasteiger partial charge < -0.3 is 24.6 Å². The van der Waals surface area contributed by atoms with Gasteiger partial charge in [-0.05, 0) is 56.3 Å². The minimum Gasteiger partial charge on any atom is -0.460 e. The van der Waals surface area contributed by atoms with Crippen LogP contribution in [0.25, 0.3) is 33.3 Å². The van der Waals surface area contributed by atoms with Crippen molar-refractivity contribution in [3.8, 4) is 17.2 Å². The van der Waals surface area contributed by atoms with Gasteiger partial charge in [0.15, 0.2) is 17.2 Å². The van der Waals surface area contributed by atoms with Gasteiger partial charge in [0.25, 0.3) is 5.91 Å². The number of ether oxygens (including phenoxy) is 1. The predicted molar refractivity (Wildman–Crippen MR) is 138 cm³/mol. The quantitative estimate of drug-likeness (QED) is 0.233. The summed E-state index contributed by atoms with van der Waals surface area (Å²) in [7, 11) is 0. The summed E-state index contributed by atoms with van der Waals surface area (Å²) in [5.74, 6) is 0.733. The van der Waals surface area contributed by atoms with Gasteiger partial charge in [-0.15, -0.1) is 0 Å². The van der Waals surface area contributed by atoms with Gasteiger partial charge >= 0.3 is 6.18 Å². The molecule has 0 saturated heterocycles. The van der Waals surface area contributed by atoms with Crippen molar-refractivity contribution in [3.63, 3.8) is 0 Å². The number of benzene rings is 2. The minimum atomic E-state index is -4.65. The van der Waals surface area contributed by atoms with E-state index in [2.05, 4.69) is 15.3 Å². The summed E-state index contributed by atoms with van der Waals surface area (Å²) in [5, 5.41) is 3.94. The number of pyridine rings is 1. The van der Waals surface area contributed by atoms with E-state index in [9.17, 15) is 18.0 Å². The largest absolute Gasteiger partial charge is 0.460 e. The summed E-state index contributed by atoms with van der Waals surface area (Å²) in [6, 6.07) is 14.5. The van der Waals surface area contributed by atoms with Crippen molar-refractivity contribution in [3.05, 3.63) is 89.3 Å². The predicted octanol–water partition coefficient (Wildman–Crippen LogP) is 6.35. The van der Waals surface area contributed by atoms with Crippen LogP contribution in [-0.2, 0) is 19.3 Å². The van der Waals surface area contributed by atoms with Crippen LogP contribution in [0.4, 0.5) is 13.2 Å². The van der Waals surface area contributed by atoms with E-state index in [1.807, 2.05) is 30.3 Å². The average Bonchev–Trinajstić information content (AvgIpc) is 3.55. The first-order chi connectivity index (χ1) is 18.7. The first-order valence-electron chi connectivity index (χ1n) is 12.0. The van der Waals surface area contributed by atoms with Crippen molar-refractivity contribution in [1.82, 2.24) is 15.3 Å². The highest BCUT2D eigenvalue weighted by atomic mass is 19.4. The van der Waals surface area contributed by atoms with Crippen LogP contribution in [0.1, 0.15) is 41.6 Å². The highest BCUT2D eigenvalue weighted by molar-refractivity contribution is 5.98. The molecule has 0 aliphatic heterocycles. The second kappa shape index (κ2) is 10.3. The molecule has 8 nitrogen and oxygen atoms in total. The zero-order valence-electron chi connectivity index (χ0n) is 20.9. The fraction of sp³-hybridized carbons (Fsp3) is 0.179. The topological polar surface area (TPSA) is 116 Å². The van der Waals surface area contributed by atoms with E-state index in [0.717, 1.165) is 11.5 Å². The van der Waals surface area contributed by atoms with Crippen LogP contribution in [0.3, 0.4) is 0 Å². The van der Waals surface area contributed by atoms with Crippen molar-refractivity contribution in [1.29, 1.82) is 0 Å². The zero-order chi connectivity index (χ0) is 27.7. The SMILES string of the molecule is C/C=C(/C)Oc1ccc(-c2nc(C(=O)NCc3cc4ccccc4o3)c(CN)o2)c2ccc(C(F)(F)F)nc12. The standard InChI is InChI=1S/C28H23F3N4O4/c1-3-15(2)37-21-10-8-19(18-9-11-23(28(29,30)31)34-24(18)21)27-35-25(22(13-32)39-27)26(36)33-14-17-12-16-6-4-5-7-20(16)38-17/h3-12H,13-14,32H2,1-2H3,(H,33,36)/b15-3-. The lowest BCUT2D eigenvalue weighted by Crippen LogP contribution is -2.24. The van der Waals surface area contributed by atoms with E-state index < -0.39 is 17.8 Å². The molecule has 0 atom stereocenters. The lowest BCUT2D eigenvalue weighted by Gasteiger charge is -2.13. The van der Waals surface area contributed by atoms with E-state index in [1.165, 1.54) is 12.1 Å². The Bertz CT molecular complexity index is 1690. The van der Waals surface area contributed by atoms with Crippen LogP contribution in [0.15, 0.2) is 75.3 Å². The van der Waals surface area contributed by atoms with Gasteiger partial charge in [0, 0.05) is 16.3 Å². The molecule has 0 spiro atoms. The van der Waals surface area contributed by atoms with Crippen molar-refractivity contribution in [2.75, 3.05) is 0 Å².